The largest absolute Gasteiger partial charge is 0.308 e. The number of hydrogen-bond donors (Lipinski definition) is 0. The second-order valence-corrected chi connectivity index (χ2v) is 4.43. The van der Waals surface area contributed by atoms with Gasteiger partial charge in [-0.1, -0.05) is 44.2 Å². The smallest absolute Gasteiger partial charge is 0.0635 e. The van der Waals surface area contributed by atoms with Crippen molar-refractivity contribution in [3.63, 3.8) is 0 Å². The van der Waals surface area contributed by atoms with Crippen LogP contribution in [0.15, 0.2) is 30.3 Å². The second-order valence-electron chi connectivity index (χ2n) is 4.43. The van der Waals surface area contributed by atoms with Crippen molar-refractivity contribution in [2.75, 3.05) is 34.7 Å². The van der Waals surface area contributed by atoms with Gasteiger partial charge in [0.15, 0.2) is 0 Å². The molecule has 0 bridgehead atoms. The molecule has 0 radical (unpaired) electrons. The average Bonchev–Trinajstić information content (AvgIpc) is 2.40. The van der Waals surface area contributed by atoms with Crippen LogP contribution in [-0.4, -0.2) is 44.5 Å². The van der Waals surface area contributed by atoms with Gasteiger partial charge in [0.1, 0.15) is 0 Å². The molecule has 0 saturated heterocycles. The minimum atomic E-state index is 0.632. The predicted molar refractivity (Wildman–Crippen MR) is 84.0 cm³/mol. The molecule has 108 valence electrons. The van der Waals surface area contributed by atoms with Gasteiger partial charge < -0.3 is 9.80 Å². The highest BCUT2D eigenvalue weighted by Crippen LogP contribution is 1.99. The lowest BCUT2D eigenvalue weighted by atomic mass is 10.2. The Balaban J connectivity index is 0. The van der Waals surface area contributed by atoms with Gasteiger partial charge in [-0.05, 0) is 33.8 Å². The fourth-order valence-electron chi connectivity index (χ4n) is 1.22. The lowest BCUT2D eigenvalue weighted by molar-refractivity contribution is 0.402. The number of hydrogen-bond acceptors (Lipinski definition) is 3. The third kappa shape index (κ3) is 16.6. The van der Waals surface area contributed by atoms with Crippen LogP contribution in [0.1, 0.15) is 25.8 Å². The van der Waals surface area contributed by atoms with Crippen molar-refractivity contribution in [3.05, 3.63) is 35.9 Å². The van der Waals surface area contributed by atoms with Crippen LogP contribution in [0.5, 0.6) is 0 Å². The maximum atomic E-state index is 8.04. The van der Waals surface area contributed by atoms with E-state index in [4.69, 9.17) is 5.26 Å². The van der Waals surface area contributed by atoms with Crippen LogP contribution in [0.4, 0.5) is 0 Å². The Labute approximate surface area is 119 Å². The lowest BCUT2D eigenvalue weighted by Gasteiger charge is -2.08. The van der Waals surface area contributed by atoms with Crippen LogP contribution >= 0.6 is 0 Å². The minimum Gasteiger partial charge on any atom is -0.308 e. The molecule has 0 N–H and O–H groups in total. The topological polar surface area (TPSA) is 30.3 Å². The van der Waals surface area contributed by atoms with Gasteiger partial charge in [-0.2, -0.15) is 5.26 Å². The van der Waals surface area contributed by atoms with E-state index in [2.05, 4.69) is 49.3 Å². The lowest BCUT2D eigenvalue weighted by Crippen LogP contribution is -2.11. The molecule has 0 spiro atoms. The van der Waals surface area contributed by atoms with Crippen LogP contribution in [-0.2, 0) is 6.54 Å². The van der Waals surface area contributed by atoms with E-state index in [0.717, 1.165) is 13.1 Å². The molecular formula is C16H29N3. The molecule has 0 amide bonds. The van der Waals surface area contributed by atoms with Gasteiger partial charge in [-0.25, -0.2) is 0 Å². The van der Waals surface area contributed by atoms with Crippen molar-refractivity contribution in [1.82, 2.24) is 9.80 Å². The SMILES string of the molecule is CC.CN(C)CCC#N.CN(C)Cc1ccccc1. The molecule has 0 aliphatic heterocycles. The monoisotopic (exact) mass is 263 g/mol. The first kappa shape index (κ1) is 20.0. The summed E-state index contributed by atoms with van der Waals surface area (Å²) in [6.07, 6.45) is 0.632. The van der Waals surface area contributed by atoms with Gasteiger partial charge in [0.05, 0.1) is 6.07 Å². The fourth-order valence-corrected chi connectivity index (χ4v) is 1.22. The summed E-state index contributed by atoms with van der Waals surface area (Å²) < 4.78 is 0. The number of nitrogens with zero attached hydrogens (tertiary/aromatic N) is 3. The highest BCUT2D eigenvalue weighted by Gasteiger charge is 1.90. The van der Waals surface area contributed by atoms with E-state index in [1.165, 1.54) is 5.56 Å². The minimum absolute atomic E-state index is 0.632. The molecular weight excluding hydrogens is 234 g/mol. The summed E-state index contributed by atoms with van der Waals surface area (Å²) in [5, 5.41) is 8.04. The van der Waals surface area contributed by atoms with Gasteiger partial charge in [0.2, 0.25) is 0 Å². The summed E-state index contributed by atoms with van der Waals surface area (Å²) in [5.41, 5.74) is 1.37. The van der Waals surface area contributed by atoms with E-state index in [1.807, 2.05) is 38.9 Å². The van der Waals surface area contributed by atoms with Crippen LogP contribution in [0, 0.1) is 11.3 Å². The molecule has 1 aromatic carbocycles. The zero-order chi connectivity index (χ0) is 15.1. The first-order chi connectivity index (χ1) is 9.06. The molecule has 0 aliphatic carbocycles. The summed E-state index contributed by atoms with van der Waals surface area (Å²) in [5.74, 6) is 0. The van der Waals surface area contributed by atoms with Crippen LogP contribution in [0.25, 0.3) is 0 Å². The molecule has 3 nitrogen and oxygen atoms in total. The third-order valence-electron chi connectivity index (χ3n) is 2.01. The fraction of sp³-hybridized carbons (Fsp3) is 0.562. The van der Waals surface area contributed by atoms with Crippen molar-refractivity contribution in [2.24, 2.45) is 0 Å². The van der Waals surface area contributed by atoms with E-state index in [9.17, 15) is 0 Å². The molecule has 0 atom stereocenters. The summed E-state index contributed by atoms with van der Waals surface area (Å²) in [6, 6.07) is 12.5. The summed E-state index contributed by atoms with van der Waals surface area (Å²) in [4.78, 5) is 4.15. The molecule has 0 unspecified atom stereocenters. The molecule has 3 heteroatoms. The van der Waals surface area contributed by atoms with Gasteiger partial charge in [0.25, 0.3) is 0 Å². The standard InChI is InChI=1S/C9H13N.C5H10N2.C2H6/c1-10(2)8-9-6-4-3-5-7-9;1-7(2)5-3-4-6;1-2/h3-7H,8H2,1-2H3;3,5H2,1-2H3;1-2H3. The molecule has 1 rings (SSSR count). The van der Waals surface area contributed by atoms with E-state index >= 15 is 0 Å². The van der Waals surface area contributed by atoms with Gasteiger partial charge in [-0.15, -0.1) is 0 Å². The van der Waals surface area contributed by atoms with Crippen molar-refractivity contribution >= 4 is 0 Å². The number of benzene rings is 1. The first-order valence-corrected chi connectivity index (χ1v) is 6.76. The molecule has 0 heterocycles. The number of rotatable bonds is 4. The average molecular weight is 263 g/mol. The van der Waals surface area contributed by atoms with Crippen LogP contribution < -0.4 is 0 Å². The predicted octanol–water partition coefficient (Wildman–Crippen LogP) is 3.24. The Hall–Kier alpha value is -1.37. The normalized spacial score (nSPS) is 9.00. The van der Waals surface area contributed by atoms with E-state index in [-0.39, 0.29) is 0 Å². The van der Waals surface area contributed by atoms with E-state index < -0.39 is 0 Å². The highest BCUT2D eigenvalue weighted by molar-refractivity contribution is 5.14. The van der Waals surface area contributed by atoms with Gasteiger partial charge in [0, 0.05) is 19.5 Å². The maximum absolute atomic E-state index is 8.04. The molecule has 1 aromatic rings. The second kappa shape index (κ2) is 14.7. The Bertz CT molecular complexity index is 313. The van der Waals surface area contributed by atoms with Crippen molar-refractivity contribution < 1.29 is 0 Å². The Morgan fingerprint density at radius 3 is 1.79 bits per heavy atom. The quantitative estimate of drug-likeness (QED) is 0.835. The summed E-state index contributed by atoms with van der Waals surface area (Å²) in [6.45, 7) is 5.90. The third-order valence-corrected chi connectivity index (χ3v) is 2.01. The molecule has 0 fully saturated rings. The van der Waals surface area contributed by atoms with Gasteiger partial charge in [-0.3, -0.25) is 0 Å². The Kier molecular flexibility index (Phi) is 15.4. The maximum Gasteiger partial charge on any atom is 0.0635 e. The zero-order valence-electron chi connectivity index (χ0n) is 13.3. The molecule has 0 aliphatic rings. The zero-order valence-corrected chi connectivity index (χ0v) is 13.3. The van der Waals surface area contributed by atoms with E-state index in [0.29, 0.717) is 6.42 Å². The van der Waals surface area contributed by atoms with Crippen LogP contribution in [0.3, 0.4) is 0 Å². The first-order valence-electron chi connectivity index (χ1n) is 6.76. The molecule has 19 heavy (non-hydrogen) atoms. The van der Waals surface area contributed by atoms with Crippen molar-refractivity contribution in [2.45, 2.75) is 26.8 Å². The number of nitriles is 1. The van der Waals surface area contributed by atoms with Crippen molar-refractivity contribution in [3.8, 4) is 6.07 Å². The van der Waals surface area contributed by atoms with Gasteiger partial charge >= 0.3 is 0 Å². The van der Waals surface area contributed by atoms with Crippen molar-refractivity contribution in [1.29, 1.82) is 5.26 Å². The van der Waals surface area contributed by atoms with E-state index in [1.54, 1.807) is 0 Å². The Morgan fingerprint density at radius 2 is 1.47 bits per heavy atom. The summed E-state index contributed by atoms with van der Waals surface area (Å²) >= 11 is 0. The molecule has 0 saturated carbocycles. The Morgan fingerprint density at radius 1 is 0.947 bits per heavy atom. The summed E-state index contributed by atoms with van der Waals surface area (Å²) in [7, 11) is 8.06. The van der Waals surface area contributed by atoms with Crippen LogP contribution in [0.2, 0.25) is 0 Å². The molecule has 0 aromatic heterocycles. The highest BCUT2D eigenvalue weighted by atomic mass is 15.0.